The molecular formula is C20H22ClF6N6O+. The number of hydrogen-bond acceptors (Lipinski definition) is 4. The van der Waals surface area contributed by atoms with Crippen LogP contribution < -0.4 is 21.4 Å². The Morgan fingerprint density at radius 3 is 2.38 bits per heavy atom. The summed E-state index contributed by atoms with van der Waals surface area (Å²) in [6.07, 6.45) is -5.04. The van der Waals surface area contributed by atoms with Gasteiger partial charge in [0.15, 0.2) is 5.69 Å². The Labute approximate surface area is 195 Å². The van der Waals surface area contributed by atoms with E-state index in [9.17, 15) is 31.1 Å². The van der Waals surface area contributed by atoms with Gasteiger partial charge >= 0.3 is 12.4 Å². The lowest BCUT2D eigenvalue weighted by atomic mass is 9.91. The highest BCUT2D eigenvalue weighted by atomic mass is 35.5. The SMILES string of the molecule is [NH2+]=C(Cl)/C(=C\NCC(F)(F)F)C(=O)NC1CCC(Nc2cccc3nc(C(F)(F)F)cn23)CC1. The number of anilines is 1. The minimum atomic E-state index is -4.56. The third-order valence-corrected chi connectivity index (χ3v) is 5.45. The minimum absolute atomic E-state index is 0.0661. The van der Waals surface area contributed by atoms with E-state index in [1.807, 2.05) is 5.32 Å². The first-order valence-corrected chi connectivity index (χ1v) is 10.6. The molecule has 0 aliphatic heterocycles. The van der Waals surface area contributed by atoms with Crippen LogP contribution in [0.3, 0.4) is 0 Å². The highest BCUT2D eigenvalue weighted by molar-refractivity contribution is 6.70. The number of aromatic nitrogens is 2. The summed E-state index contributed by atoms with van der Waals surface area (Å²) in [7, 11) is 0. The smallest absolute Gasteiger partial charge is 0.382 e. The molecule has 0 saturated heterocycles. The maximum absolute atomic E-state index is 13.0. The number of alkyl halides is 6. The van der Waals surface area contributed by atoms with Crippen molar-refractivity contribution in [1.82, 2.24) is 20.0 Å². The van der Waals surface area contributed by atoms with Gasteiger partial charge in [0, 0.05) is 24.5 Å². The summed E-state index contributed by atoms with van der Waals surface area (Å²) in [5.74, 6) is -0.250. The van der Waals surface area contributed by atoms with Crippen LogP contribution in [0.2, 0.25) is 0 Å². The van der Waals surface area contributed by atoms with Crippen molar-refractivity contribution in [2.75, 3.05) is 11.9 Å². The number of rotatable bonds is 7. The van der Waals surface area contributed by atoms with Crippen molar-refractivity contribution in [3.05, 3.63) is 41.9 Å². The van der Waals surface area contributed by atoms with E-state index in [2.05, 4.69) is 15.6 Å². The van der Waals surface area contributed by atoms with Gasteiger partial charge in [0.25, 0.3) is 11.1 Å². The molecule has 0 aromatic carbocycles. The Balaban J connectivity index is 1.57. The molecule has 0 bridgehead atoms. The van der Waals surface area contributed by atoms with E-state index in [0.717, 1.165) is 12.4 Å². The third kappa shape index (κ3) is 6.78. The summed E-state index contributed by atoms with van der Waals surface area (Å²) in [4.78, 5) is 16.0. The fraction of sp³-hybridized carbons (Fsp3) is 0.450. The second-order valence-corrected chi connectivity index (χ2v) is 8.24. The molecular weight excluding hydrogens is 490 g/mol. The number of amides is 1. The van der Waals surface area contributed by atoms with Crippen molar-refractivity contribution >= 4 is 34.1 Å². The van der Waals surface area contributed by atoms with Crippen LogP contribution in [0, 0.1) is 0 Å². The first-order valence-electron chi connectivity index (χ1n) is 10.2. The summed E-state index contributed by atoms with van der Waals surface area (Å²) < 4.78 is 77.2. The van der Waals surface area contributed by atoms with Gasteiger partial charge in [-0.3, -0.25) is 9.20 Å². The number of nitrogens with two attached hydrogens (primary N) is 1. The van der Waals surface area contributed by atoms with Gasteiger partial charge in [-0.05, 0) is 49.4 Å². The van der Waals surface area contributed by atoms with E-state index < -0.39 is 35.7 Å². The van der Waals surface area contributed by atoms with Gasteiger partial charge in [-0.15, -0.1) is 0 Å². The fourth-order valence-corrected chi connectivity index (χ4v) is 3.77. The fourth-order valence-electron chi connectivity index (χ4n) is 3.63. The van der Waals surface area contributed by atoms with Crippen LogP contribution in [0.1, 0.15) is 31.4 Å². The van der Waals surface area contributed by atoms with Crippen LogP contribution in [0.15, 0.2) is 36.2 Å². The predicted octanol–water partition coefficient (Wildman–Crippen LogP) is 2.62. The molecule has 34 heavy (non-hydrogen) atoms. The summed E-state index contributed by atoms with van der Waals surface area (Å²) in [5.41, 5.74) is -1.14. The molecule has 2 aromatic heterocycles. The number of nitrogens with zero attached hydrogens (tertiary/aromatic N) is 2. The average Bonchev–Trinajstić information content (AvgIpc) is 3.17. The Morgan fingerprint density at radius 2 is 1.79 bits per heavy atom. The molecule has 7 nitrogen and oxygen atoms in total. The van der Waals surface area contributed by atoms with Crippen LogP contribution in [-0.4, -0.2) is 45.3 Å². The quantitative estimate of drug-likeness (QED) is 0.261. The number of pyridine rings is 1. The van der Waals surface area contributed by atoms with Crippen molar-refractivity contribution in [2.24, 2.45) is 0 Å². The second kappa shape index (κ2) is 10.1. The number of carbonyl (C=O) groups is 1. The second-order valence-electron chi connectivity index (χ2n) is 7.83. The maximum atomic E-state index is 13.0. The van der Waals surface area contributed by atoms with Crippen molar-refractivity contribution in [1.29, 1.82) is 0 Å². The summed E-state index contributed by atoms with van der Waals surface area (Å²) in [6.45, 7) is -1.35. The lowest BCUT2D eigenvalue weighted by Crippen LogP contribution is -2.46. The summed E-state index contributed by atoms with van der Waals surface area (Å²) in [6, 6.07) is 4.38. The van der Waals surface area contributed by atoms with Crippen molar-refractivity contribution in [2.45, 2.75) is 50.1 Å². The predicted molar refractivity (Wildman–Crippen MR) is 113 cm³/mol. The molecule has 1 fully saturated rings. The first kappa shape index (κ1) is 25.7. The van der Waals surface area contributed by atoms with Gasteiger partial charge in [0.2, 0.25) is 0 Å². The minimum Gasteiger partial charge on any atom is -0.382 e. The van der Waals surface area contributed by atoms with Crippen molar-refractivity contribution in [3.63, 3.8) is 0 Å². The van der Waals surface area contributed by atoms with E-state index in [-0.39, 0.29) is 23.3 Å². The molecule has 5 N–H and O–H groups in total. The Kier molecular flexibility index (Phi) is 7.64. The van der Waals surface area contributed by atoms with Gasteiger partial charge in [0.05, 0.1) is 0 Å². The number of imidazole rings is 1. The lowest BCUT2D eigenvalue weighted by Gasteiger charge is -2.30. The van der Waals surface area contributed by atoms with E-state index in [1.54, 1.807) is 12.1 Å². The van der Waals surface area contributed by atoms with Gasteiger partial charge in [0.1, 0.15) is 23.6 Å². The van der Waals surface area contributed by atoms with Gasteiger partial charge < -0.3 is 16.0 Å². The van der Waals surface area contributed by atoms with Gasteiger partial charge in [-0.1, -0.05) is 6.07 Å². The molecule has 2 aromatic rings. The molecule has 0 unspecified atom stereocenters. The van der Waals surface area contributed by atoms with Crippen LogP contribution in [0.25, 0.3) is 5.65 Å². The topological polar surface area (TPSA) is 96.0 Å². The van der Waals surface area contributed by atoms with Crippen LogP contribution in [0.4, 0.5) is 32.2 Å². The van der Waals surface area contributed by atoms with Crippen LogP contribution >= 0.6 is 11.6 Å². The van der Waals surface area contributed by atoms with Gasteiger partial charge in [-0.2, -0.15) is 26.3 Å². The molecule has 186 valence electrons. The molecule has 14 heteroatoms. The Hall–Kier alpha value is -2.96. The molecule has 1 amide bonds. The highest BCUT2D eigenvalue weighted by Gasteiger charge is 2.34. The third-order valence-electron chi connectivity index (χ3n) is 5.25. The van der Waals surface area contributed by atoms with Gasteiger partial charge in [-0.25, -0.2) is 10.4 Å². The highest BCUT2D eigenvalue weighted by Crippen LogP contribution is 2.30. The van der Waals surface area contributed by atoms with E-state index >= 15 is 0 Å². The monoisotopic (exact) mass is 511 g/mol. The molecule has 1 saturated carbocycles. The van der Waals surface area contributed by atoms with Crippen LogP contribution in [-0.2, 0) is 11.0 Å². The molecule has 0 spiro atoms. The van der Waals surface area contributed by atoms with E-state index in [0.29, 0.717) is 31.5 Å². The molecule has 0 atom stereocenters. The normalized spacial score (nSPS) is 19.7. The average molecular weight is 512 g/mol. The molecule has 1 aliphatic carbocycles. The summed E-state index contributed by atoms with van der Waals surface area (Å²) in [5, 5.41) is 12.8. The van der Waals surface area contributed by atoms with E-state index in [1.165, 1.54) is 10.5 Å². The zero-order valence-corrected chi connectivity index (χ0v) is 18.4. The Bertz CT molecular complexity index is 1070. The number of hydrogen-bond donors (Lipinski definition) is 4. The molecule has 0 radical (unpaired) electrons. The maximum Gasteiger partial charge on any atom is 0.434 e. The number of halogens is 7. The molecule has 1 aliphatic rings. The molecule has 2 heterocycles. The van der Waals surface area contributed by atoms with Crippen molar-refractivity contribution in [3.8, 4) is 0 Å². The van der Waals surface area contributed by atoms with Crippen LogP contribution in [0.5, 0.6) is 0 Å². The number of nitrogens with one attached hydrogen (secondary N) is 3. The largest absolute Gasteiger partial charge is 0.434 e. The standard InChI is InChI=1S/C20H21ClF6N6O/c21-17(28)13(8-29-10-19(22,23)24)18(34)31-12-6-4-11(5-7-12)30-15-2-1-3-16-32-14(9-33(15)16)20(25,26)27/h1-3,8-9,11-12,28-30H,4-7,10H2,(H,31,34)/p+1/b13-8+,28-17?. The zero-order valence-electron chi connectivity index (χ0n) is 17.6. The van der Waals surface area contributed by atoms with E-state index in [4.69, 9.17) is 17.0 Å². The number of fused-ring (bicyclic) bond motifs is 1. The summed E-state index contributed by atoms with van der Waals surface area (Å²) >= 11 is 5.65. The first-order chi connectivity index (χ1) is 15.8. The number of carbonyl (C=O) groups excluding carboxylic acids is 1. The lowest BCUT2D eigenvalue weighted by molar-refractivity contribution is -0.140. The van der Waals surface area contributed by atoms with Crippen molar-refractivity contribution < 1.29 is 36.5 Å². The molecule has 3 rings (SSSR count). The zero-order chi connectivity index (χ0) is 25.1. The Morgan fingerprint density at radius 1 is 1.15 bits per heavy atom.